The van der Waals surface area contributed by atoms with Crippen molar-refractivity contribution in [1.29, 1.82) is 0 Å². The summed E-state index contributed by atoms with van der Waals surface area (Å²) in [6, 6.07) is 9.91. The summed E-state index contributed by atoms with van der Waals surface area (Å²) in [6.07, 6.45) is 5.87. The minimum atomic E-state index is -0.513. The van der Waals surface area contributed by atoms with Gasteiger partial charge in [-0.15, -0.1) is 24.0 Å². The third kappa shape index (κ3) is 9.41. The summed E-state index contributed by atoms with van der Waals surface area (Å²) in [5, 5.41) is 19.6. The van der Waals surface area contributed by atoms with Gasteiger partial charge in [-0.25, -0.2) is 4.99 Å². The van der Waals surface area contributed by atoms with Crippen molar-refractivity contribution >= 4 is 35.8 Å². The van der Waals surface area contributed by atoms with Crippen LogP contribution in [0.2, 0.25) is 0 Å². The smallest absolute Gasteiger partial charge is 0.242 e. The number of aliphatic hydroxyl groups is 1. The molecule has 1 aliphatic carbocycles. The van der Waals surface area contributed by atoms with E-state index in [1.54, 1.807) is 0 Å². The number of amides is 1. The lowest BCUT2D eigenvalue weighted by Gasteiger charge is -2.22. The monoisotopic (exact) mass is 488 g/mol. The van der Waals surface area contributed by atoms with Crippen LogP contribution in [0.5, 0.6) is 0 Å². The van der Waals surface area contributed by atoms with Gasteiger partial charge in [0.2, 0.25) is 5.91 Å². The molecule has 0 aliphatic heterocycles. The van der Waals surface area contributed by atoms with Crippen molar-refractivity contribution in [3.8, 4) is 0 Å². The van der Waals surface area contributed by atoms with Gasteiger partial charge in [0.05, 0.1) is 6.10 Å². The lowest BCUT2D eigenvalue weighted by molar-refractivity contribution is -0.120. The second-order valence-corrected chi connectivity index (χ2v) is 6.74. The van der Waals surface area contributed by atoms with Gasteiger partial charge in [0.15, 0.2) is 5.96 Å². The van der Waals surface area contributed by atoms with Crippen molar-refractivity contribution in [1.82, 2.24) is 16.0 Å². The van der Waals surface area contributed by atoms with Gasteiger partial charge in [0.25, 0.3) is 0 Å². The van der Waals surface area contributed by atoms with Gasteiger partial charge in [-0.3, -0.25) is 4.79 Å². The van der Waals surface area contributed by atoms with Crippen LogP contribution in [-0.2, 0) is 4.79 Å². The zero-order chi connectivity index (χ0) is 18.6. The summed E-state index contributed by atoms with van der Waals surface area (Å²) in [6.45, 7) is 3.40. The molecule has 27 heavy (non-hydrogen) atoms. The lowest BCUT2D eigenvalue weighted by atomic mass is 9.95. The molecule has 1 atom stereocenters. The number of nitrogens with zero attached hydrogens (tertiary/aromatic N) is 1. The molecule has 1 saturated carbocycles. The van der Waals surface area contributed by atoms with Crippen LogP contribution in [0.4, 0.5) is 0 Å². The Hall–Kier alpha value is -1.35. The summed E-state index contributed by atoms with van der Waals surface area (Å²) in [5.74, 6) is 0.574. The number of guanidine groups is 1. The molecular weight excluding hydrogens is 455 g/mol. The summed E-state index contributed by atoms with van der Waals surface area (Å²) >= 11 is 0. The Balaban J connectivity index is 0.00000364. The van der Waals surface area contributed by atoms with E-state index in [1.807, 2.05) is 37.3 Å². The van der Waals surface area contributed by atoms with E-state index in [0.29, 0.717) is 25.0 Å². The Bertz CT molecular complexity index is 562. The van der Waals surface area contributed by atoms with Gasteiger partial charge in [-0.1, -0.05) is 49.6 Å². The molecule has 0 heterocycles. The van der Waals surface area contributed by atoms with E-state index in [-0.39, 0.29) is 36.4 Å². The third-order valence-electron chi connectivity index (χ3n) is 4.59. The van der Waals surface area contributed by atoms with Crippen LogP contribution in [0.3, 0.4) is 0 Å². The van der Waals surface area contributed by atoms with Gasteiger partial charge < -0.3 is 21.1 Å². The molecule has 1 aromatic rings. The zero-order valence-corrected chi connectivity index (χ0v) is 18.4. The Labute approximate surface area is 179 Å². The van der Waals surface area contributed by atoms with Crippen molar-refractivity contribution < 1.29 is 9.90 Å². The normalized spacial score (nSPS) is 16.1. The second-order valence-electron chi connectivity index (χ2n) is 6.74. The van der Waals surface area contributed by atoms with E-state index in [1.165, 1.54) is 19.3 Å². The lowest BCUT2D eigenvalue weighted by Crippen LogP contribution is -2.41. The van der Waals surface area contributed by atoms with E-state index in [9.17, 15) is 9.90 Å². The van der Waals surface area contributed by atoms with E-state index in [0.717, 1.165) is 24.9 Å². The maximum atomic E-state index is 12.1. The highest BCUT2D eigenvalue weighted by molar-refractivity contribution is 14.0. The van der Waals surface area contributed by atoms with Gasteiger partial charge in [0, 0.05) is 19.1 Å². The van der Waals surface area contributed by atoms with Crippen LogP contribution < -0.4 is 16.0 Å². The fourth-order valence-electron chi connectivity index (χ4n) is 3.18. The van der Waals surface area contributed by atoms with Gasteiger partial charge >= 0.3 is 0 Å². The number of benzene rings is 1. The highest BCUT2D eigenvalue weighted by Crippen LogP contribution is 2.17. The van der Waals surface area contributed by atoms with Gasteiger partial charge in [0.1, 0.15) is 6.54 Å². The number of hydrogen-bond donors (Lipinski definition) is 4. The van der Waals surface area contributed by atoms with Crippen LogP contribution in [-0.4, -0.2) is 42.6 Å². The fraction of sp³-hybridized carbons (Fsp3) is 0.600. The highest BCUT2D eigenvalue weighted by atomic mass is 127. The topological polar surface area (TPSA) is 85.8 Å². The molecular formula is C20H33IN4O2. The number of halogens is 1. The highest BCUT2D eigenvalue weighted by Gasteiger charge is 2.15. The first-order valence-electron chi connectivity index (χ1n) is 9.73. The molecule has 0 bridgehead atoms. The Morgan fingerprint density at radius 3 is 2.56 bits per heavy atom. The molecule has 6 nitrogen and oxygen atoms in total. The molecule has 1 unspecified atom stereocenters. The molecule has 1 fully saturated rings. The maximum absolute atomic E-state index is 12.1. The van der Waals surface area contributed by atoms with E-state index >= 15 is 0 Å². The van der Waals surface area contributed by atoms with Crippen LogP contribution in [0.25, 0.3) is 0 Å². The first kappa shape index (κ1) is 23.7. The molecule has 7 heteroatoms. The minimum Gasteiger partial charge on any atom is -0.388 e. The van der Waals surface area contributed by atoms with Crippen LogP contribution in [0.1, 0.15) is 57.1 Å². The van der Waals surface area contributed by atoms with E-state index in [2.05, 4.69) is 20.9 Å². The molecule has 152 valence electrons. The predicted octanol–water partition coefficient (Wildman–Crippen LogP) is 2.73. The number of carbonyl (C=O) groups is 1. The Morgan fingerprint density at radius 1 is 1.19 bits per heavy atom. The molecule has 1 amide bonds. The number of aliphatic imine (C=N–C) groups is 1. The second kappa shape index (κ2) is 13.8. The van der Waals surface area contributed by atoms with Crippen molar-refractivity contribution in [3.05, 3.63) is 35.9 Å². The molecule has 0 aromatic heterocycles. The van der Waals surface area contributed by atoms with Crippen LogP contribution >= 0.6 is 24.0 Å². The van der Waals surface area contributed by atoms with Crippen LogP contribution in [0.15, 0.2) is 35.3 Å². The third-order valence-corrected chi connectivity index (χ3v) is 4.59. The van der Waals surface area contributed by atoms with Crippen molar-refractivity contribution in [2.24, 2.45) is 4.99 Å². The van der Waals surface area contributed by atoms with E-state index in [4.69, 9.17) is 0 Å². The SMILES string of the molecule is CCNC(=NCC(=O)NC1CCCCC1)NCCC(O)c1ccccc1.I. The first-order valence-corrected chi connectivity index (χ1v) is 9.73. The molecule has 4 N–H and O–H groups in total. The molecule has 1 aromatic carbocycles. The maximum Gasteiger partial charge on any atom is 0.242 e. The fourth-order valence-corrected chi connectivity index (χ4v) is 3.18. The predicted molar refractivity (Wildman–Crippen MR) is 120 cm³/mol. The van der Waals surface area contributed by atoms with Gasteiger partial charge in [-0.2, -0.15) is 0 Å². The molecule has 1 aliphatic rings. The van der Waals surface area contributed by atoms with Gasteiger partial charge in [-0.05, 0) is 31.7 Å². The summed E-state index contributed by atoms with van der Waals surface area (Å²) in [4.78, 5) is 16.4. The van der Waals surface area contributed by atoms with Crippen molar-refractivity contribution in [2.45, 2.75) is 57.6 Å². The molecule has 0 saturated heterocycles. The molecule has 0 radical (unpaired) electrons. The summed E-state index contributed by atoms with van der Waals surface area (Å²) in [5.41, 5.74) is 0.906. The minimum absolute atomic E-state index is 0. The average Bonchev–Trinajstić information content (AvgIpc) is 2.67. The van der Waals surface area contributed by atoms with E-state index < -0.39 is 6.10 Å². The Morgan fingerprint density at radius 2 is 1.89 bits per heavy atom. The summed E-state index contributed by atoms with van der Waals surface area (Å²) in [7, 11) is 0. The largest absolute Gasteiger partial charge is 0.388 e. The number of carbonyl (C=O) groups excluding carboxylic acids is 1. The standard InChI is InChI=1S/C20H32N4O2.HI/c1-2-21-20(22-14-13-18(25)16-9-5-3-6-10-16)23-15-19(26)24-17-11-7-4-8-12-17;/h3,5-6,9-10,17-18,25H,2,4,7-8,11-15H2,1H3,(H,24,26)(H2,21,22,23);1H. The Kier molecular flexibility index (Phi) is 12.1. The first-order chi connectivity index (χ1) is 12.7. The number of nitrogens with one attached hydrogen (secondary N) is 3. The van der Waals surface area contributed by atoms with Crippen molar-refractivity contribution in [3.63, 3.8) is 0 Å². The molecule has 2 rings (SSSR count). The zero-order valence-electron chi connectivity index (χ0n) is 16.1. The molecule has 0 spiro atoms. The van der Waals surface area contributed by atoms with Crippen molar-refractivity contribution in [2.75, 3.05) is 19.6 Å². The quantitative estimate of drug-likeness (QED) is 0.258. The number of aliphatic hydroxyl groups excluding tert-OH is 1. The average molecular weight is 488 g/mol. The number of hydrogen-bond acceptors (Lipinski definition) is 3. The van der Waals surface area contributed by atoms with Crippen LogP contribution in [0, 0.1) is 0 Å². The summed E-state index contributed by atoms with van der Waals surface area (Å²) < 4.78 is 0. The number of rotatable bonds is 8.